The van der Waals surface area contributed by atoms with Gasteiger partial charge in [-0.05, 0) is 36.6 Å². The summed E-state index contributed by atoms with van der Waals surface area (Å²) in [6.45, 7) is 2.78. The minimum atomic E-state index is -0.313. The molecule has 1 amide bonds. The fourth-order valence-electron chi connectivity index (χ4n) is 2.31. The van der Waals surface area contributed by atoms with Crippen LogP contribution in [0.5, 0.6) is 5.75 Å². The lowest BCUT2D eigenvalue weighted by atomic mass is 10.2. The minimum absolute atomic E-state index is 0.313. The van der Waals surface area contributed by atoms with Gasteiger partial charge in [0.2, 0.25) is 0 Å². The largest absolute Gasteiger partial charge is 0.493 e. The molecule has 0 aliphatic rings. The summed E-state index contributed by atoms with van der Waals surface area (Å²) in [7, 11) is 0. The van der Waals surface area contributed by atoms with Crippen molar-refractivity contribution in [2.24, 2.45) is 5.10 Å². The van der Waals surface area contributed by atoms with Gasteiger partial charge in [-0.1, -0.05) is 62.4 Å². The lowest BCUT2D eigenvalue weighted by molar-refractivity contribution is 0.0951. The molecule has 0 saturated heterocycles. The van der Waals surface area contributed by atoms with Crippen LogP contribution in [0.3, 0.4) is 0 Å². The normalized spacial score (nSPS) is 10.2. The van der Waals surface area contributed by atoms with Crippen molar-refractivity contribution in [2.45, 2.75) is 32.6 Å². The zero-order chi connectivity index (χ0) is 18.5. The smallest absolute Gasteiger partial charge is 0.275 e. The van der Waals surface area contributed by atoms with Crippen LogP contribution in [0, 0.1) is 11.8 Å². The Morgan fingerprint density at radius 1 is 1.08 bits per heavy atom. The first-order chi connectivity index (χ1) is 12.8. The Balaban J connectivity index is 1.87. The first-order valence-corrected chi connectivity index (χ1v) is 8.91. The van der Waals surface area contributed by atoms with Gasteiger partial charge in [0.05, 0.1) is 18.4 Å². The van der Waals surface area contributed by atoms with E-state index < -0.39 is 0 Å². The number of hydrogen-bond acceptors (Lipinski definition) is 3. The molecule has 0 aliphatic carbocycles. The van der Waals surface area contributed by atoms with Crippen LogP contribution in [0.1, 0.15) is 48.5 Å². The molecule has 0 heterocycles. The predicted octanol–water partition coefficient (Wildman–Crippen LogP) is 4.41. The van der Waals surface area contributed by atoms with Gasteiger partial charge in [-0.3, -0.25) is 4.79 Å². The van der Waals surface area contributed by atoms with Crippen LogP contribution in [-0.2, 0) is 0 Å². The number of ether oxygens (including phenoxy) is 1. The Bertz CT molecular complexity index is 773. The maximum Gasteiger partial charge on any atom is 0.275 e. The summed E-state index contributed by atoms with van der Waals surface area (Å²) >= 11 is 0. The highest BCUT2D eigenvalue weighted by atomic mass is 16.5. The number of amides is 1. The molecular weight excluding hydrogens is 324 g/mol. The number of rotatable bonds is 8. The average Bonchev–Trinajstić information content (AvgIpc) is 2.68. The first kappa shape index (κ1) is 19.3. The van der Waals surface area contributed by atoms with E-state index in [-0.39, 0.29) is 5.91 Å². The summed E-state index contributed by atoms with van der Waals surface area (Å²) < 4.78 is 5.75. The topological polar surface area (TPSA) is 50.7 Å². The van der Waals surface area contributed by atoms with Crippen molar-refractivity contribution < 1.29 is 9.53 Å². The number of nitrogens with one attached hydrogen (secondary N) is 1. The van der Waals surface area contributed by atoms with Crippen molar-refractivity contribution in [3.63, 3.8) is 0 Å². The summed E-state index contributed by atoms with van der Waals surface area (Å²) in [6, 6.07) is 16.8. The van der Waals surface area contributed by atoms with E-state index in [0.29, 0.717) is 17.9 Å². The second kappa shape index (κ2) is 11.5. The van der Waals surface area contributed by atoms with Crippen LogP contribution in [0.4, 0.5) is 0 Å². The van der Waals surface area contributed by atoms with E-state index in [9.17, 15) is 4.79 Å². The molecule has 4 heteroatoms. The molecule has 0 atom stereocenters. The van der Waals surface area contributed by atoms with Gasteiger partial charge in [0.1, 0.15) is 5.75 Å². The number of unbranched alkanes of at least 4 members (excludes halogenated alkanes) is 3. The molecule has 0 radical (unpaired) electrons. The molecule has 0 bridgehead atoms. The average molecular weight is 348 g/mol. The van der Waals surface area contributed by atoms with E-state index in [0.717, 1.165) is 18.4 Å². The van der Waals surface area contributed by atoms with Gasteiger partial charge >= 0.3 is 0 Å². The third kappa shape index (κ3) is 6.82. The number of nitrogens with zero attached hydrogens (tertiary/aromatic N) is 1. The standard InChI is InChI=1S/C22H24N2O2/c1-2-3-4-10-18-26-21-16-9-8-15-20(21)22(25)24-23-17-11-14-19-12-6-5-7-13-19/h5-9,12-13,15-17H,2-4,10,18H2,1H3,(H,24,25)/b23-17-. The molecular formula is C22H24N2O2. The number of carbonyl (C=O) groups is 1. The van der Waals surface area contributed by atoms with Crippen LogP contribution < -0.4 is 10.2 Å². The van der Waals surface area contributed by atoms with Crippen LogP contribution >= 0.6 is 0 Å². The lowest BCUT2D eigenvalue weighted by Gasteiger charge is -2.10. The fraction of sp³-hybridized carbons (Fsp3) is 0.273. The molecule has 134 valence electrons. The van der Waals surface area contributed by atoms with Gasteiger partial charge in [-0.2, -0.15) is 5.10 Å². The van der Waals surface area contributed by atoms with Crippen LogP contribution in [-0.4, -0.2) is 18.7 Å². The van der Waals surface area contributed by atoms with Gasteiger partial charge in [-0.15, -0.1) is 0 Å². The summed E-state index contributed by atoms with van der Waals surface area (Å²) in [5.74, 6) is 5.99. The molecule has 0 fully saturated rings. The third-order valence-electron chi connectivity index (χ3n) is 3.67. The molecule has 26 heavy (non-hydrogen) atoms. The van der Waals surface area contributed by atoms with Crippen molar-refractivity contribution in [1.29, 1.82) is 0 Å². The van der Waals surface area contributed by atoms with Gasteiger partial charge in [-0.25, -0.2) is 5.43 Å². The summed E-state index contributed by atoms with van der Waals surface area (Å²) in [5.41, 5.74) is 3.85. The predicted molar refractivity (Wildman–Crippen MR) is 105 cm³/mol. The minimum Gasteiger partial charge on any atom is -0.493 e. The van der Waals surface area contributed by atoms with Crippen molar-refractivity contribution in [3.8, 4) is 17.6 Å². The monoisotopic (exact) mass is 348 g/mol. The number of hydrogen-bond donors (Lipinski definition) is 1. The molecule has 0 saturated carbocycles. The molecule has 0 aliphatic heterocycles. The second-order valence-corrected chi connectivity index (χ2v) is 5.74. The molecule has 1 N–H and O–H groups in total. The molecule has 2 aromatic rings. The van der Waals surface area contributed by atoms with E-state index in [1.807, 2.05) is 36.4 Å². The Kier molecular flexibility index (Phi) is 8.51. The van der Waals surface area contributed by atoms with Crippen molar-refractivity contribution in [1.82, 2.24) is 5.43 Å². The van der Waals surface area contributed by atoms with Crippen LogP contribution in [0.15, 0.2) is 59.7 Å². The van der Waals surface area contributed by atoms with E-state index in [4.69, 9.17) is 4.74 Å². The highest BCUT2D eigenvalue weighted by Gasteiger charge is 2.10. The maximum atomic E-state index is 12.3. The highest BCUT2D eigenvalue weighted by Crippen LogP contribution is 2.18. The molecule has 0 aromatic heterocycles. The molecule has 4 nitrogen and oxygen atoms in total. The zero-order valence-corrected chi connectivity index (χ0v) is 15.1. The summed E-state index contributed by atoms with van der Waals surface area (Å²) in [6.07, 6.45) is 5.87. The third-order valence-corrected chi connectivity index (χ3v) is 3.67. The molecule has 0 unspecified atom stereocenters. The van der Waals surface area contributed by atoms with E-state index in [2.05, 4.69) is 29.3 Å². The van der Waals surface area contributed by atoms with Crippen molar-refractivity contribution in [3.05, 3.63) is 65.7 Å². The molecule has 2 rings (SSSR count). The molecule has 0 spiro atoms. The number of hydrazone groups is 1. The first-order valence-electron chi connectivity index (χ1n) is 8.91. The fourth-order valence-corrected chi connectivity index (χ4v) is 2.31. The number of para-hydroxylation sites is 1. The van der Waals surface area contributed by atoms with Crippen LogP contribution in [0.25, 0.3) is 0 Å². The number of carbonyl (C=O) groups excluding carboxylic acids is 1. The Morgan fingerprint density at radius 3 is 2.65 bits per heavy atom. The van der Waals surface area contributed by atoms with Gasteiger partial charge in [0, 0.05) is 5.56 Å². The quantitative estimate of drug-likeness (QED) is 0.332. The van der Waals surface area contributed by atoms with Gasteiger partial charge in [0.25, 0.3) is 5.91 Å². The van der Waals surface area contributed by atoms with E-state index >= 15 is 0 Å². The van der Waals surface area contributed by atoms with Gasteiger partial charge in [0.15, 0.2) is 0 Å². The highest BCUT2D eigenvalue weighted by molar-refractivity contribution is 5.97. The van der Waals surface area contributed by atoms with E-state index in [1.54, 1.807) is 18.2 Å². The van der Waals surface area contributed by atoms with Crippen LogP contribution in [0.2, 0.25) is 0 Å². The Morgan fingerprint density at radius 2 is 1.85 bits per heavy atom. The lowest BCUT2D eigenvalue weighted by Crippen LogP contribution is -2.18. The maximum absolute atomic E-state index is 12.3. The van der Waals surface area contributed by atoms with Crippen molar-refractivity contribution in [2.75, 3.05) is 6.61 Å². The van der Waals surface area contributed by atoms with E-state index in [1.165, 1.54) is 19.1 Å². The van der Waals surface area contributed by atoms with Gasteiger partial charge < -0.3 is 4.74 Å². The Labute approximate surface area is 155 Å². The number of benzene rings is 2. The second-order valence-electron chi connectivity index (χ2n) is 5.74. The zero-order valence-electron chi connectivity index (χ0n) is 15.1. The van der Waals surface area contributed by atoms with Crippen molar-refractivity contribution >= 4 is 12.1 Å². The molecule has 2 aromatic carbocycles. The Hall–Kier alpha value is -3.06. The summed E-state index contributed by atoms with van der Waals surface area (Å²) in [4.78, 5) is 12.3. The SMILES string of the molecule is CCCCCCOc1ccccc1C(=O)N/N=C\C#Cc1ccccc1. The summed E-state index contributed by atoms with van der Waals surface area (Å²) in [5, 5.41) is 3.87.